The molecule has 0 aliphatic heterocycles. The summed E-state index contributed by atoms with van der Waals surface area (Å²) in [5.74, 6) is -0.705. The lowest BCUT2D eigenvalue weighted by Crippen LogP contribution is -2.37. The van der Waals surface area contributed by atoms with Crippen molar-refractivity contribution in [3.63, 3.8) is 0 Å². The summed E-state index contributed by atoms with van der Waals surface area (Å²) in [4.78, 5) is 25.2. The van der Waals surface area contributed by atoms with Gasteiger partial charge in [0.2, 0.25) is 0 Å². The summed E-state index contributed by atoms with van der Waals surface area (Å²) in [5, 5.41) is 9.23. The summed E-state index contributed by atoms with van der Waals surface area (Å²) in [6, 6.07) is 15.0. The molecule has 0 saturated carbocycles. The van der Waals surface area contributed by atoms with Crippen molar-refractivity contribution < 1.29 is 19.4 Å². The van der Waals surface area contributed by atoms with E-state index in [0.717, 1.165) is 10.5 Å². The summed E-state index contributed by atoms with van der Waals surface area (Å²) in [5.41, 5.74) is 0.323. The third-order valence-corrected chi connectivity index (χ3v) is 5.55. The molecule has 2 rings (SSSR count). The first-order chi connectivity index (χ1) is 12.7. The number of carbonyl (C=O) groups excluding carboxylic acids is 1. The molecule has 0 aromatic heterocycles. The van der Waals surface area contributed by atoms with Crippen LogP contribution in [0.1, 0.15) is 49.5 Å². The van der Waals surface area contributed by atoms with Crippen molar-refractivity contribution in [1.82, 2.24) is 0 Å². The monoisotopic (exact) mass is 386 g/mol. The Morgan fingerprint density at radius 3 is 2.26 bits per heavy atom. The van der Waals surface area contributed by atoms with Crippen LogP contribution in [0, 0.1) is 5.92 Å². The van der Waals surface area contributed by atoms with E-state index in [1.54, 1.807) is 17.8 Å². The third kappa shape index (κ3) is 5.13. The Morgan fingerprint density at radius 1 is 1.07 bits per heavy atom. The normalized spacial score (nSPS) is 13.7. The maximum absolute atomic E-state index is 12.8. The van der Waals surface area contributed by atoms with E-state index >= 15 is 0 Å². The highest BCUT2D eigenvalue weighted by Crippen LogP contribution is 2.30. The number of rotatable bonds is 8. The molecule has 0 fully saturated rings. The number of hydrogen-bond donors (Lipinski definition) is 1. The van der Waals surface area contributed by atoms with Crippen molar-refractivity contribution in [2.75, 3.05) is 6.26 Å². The molecular weight excluding hydrogens is 360 g/mol. The number of carboxylic acids is 1. The number of ketones is 1. The number of aliphatic carboxylic acids is 1. The number of hydrogen-bond acceptors (Lipinski definition) is 4. The molecule has 0 aliphatic carbocycles. The minimum absolute atomic E-state index is 0.0331. The lowest BCUT2D eigenvalue weighted by atomic mass is 9.84. The van der Waals surface area contributed by atoms with Crippen LogP contribution in [0.2, 0.25) is 0 Å². The van der Waals surface area contributed by atoms with Gasteiger partial charge in [-0.15, -0.1) is 11.8 Å². The molecule has 144 valence electrons. The molecule has 2 atom stereocenters. The number of Topliss-reactive ketones (excluding diaryl/α,β-unsaturated/α-hetero) is 1. The van der Waals surface area contributed by atoms with E-state index in [1.165, 1.54) is 13.8 Å². The fourth-order valence-corrected chi connectivity index (χ4v) is 3.14. The second kappa shape index (κ2) is 8.61. The zero-order valence-electron chi connectivity index (χ0n) is 16.4. The Bertz CT molecular complexity index is 811. The van der Waals surface area contributed by atoms with Crippen molar-refractivity contribution in [3.8, 4) is 5.75 Å². The lowest BCUT2D eigenvalue weighted by Gasteiger charge is -2.24. The van der Waals surface area contributed by atoms with Crippen LogP contribution in [-0.2, 0) is 4.79 Å². The Labute approximate surface area is 164 Å². The standard InChI is InChI=1S/C22H26O4S/c1-14(15(2)20(23)16-9-11-19(27-5)12-10-16)17-7-6-8-18(13-17)26-22(3,4)21(24)25/h6-15H,1-5H3,(H,24,25)/t14-,15-/m1/s1. The predicted octanol–water partition coefficient (Wildman–Crippen LogP) is 5.27. The molecule has 27 heavy (non-hydrogen) atoms. The van der Waals surface area contributed by atoms with Gasteiger partial charge in [-0.2, -0.15) is 0 Å². The highest BCUT2D eigenvalue weighted by atomic mass is 32.2. The van der Waals surface area contributed by atoms with Gasteiger partial charge in [-0.3, -0.25) is 4.79 Å². The number of benzene rings is 2. The summed E-state index contributed by atoms with van der Waals surface area (Å²) >= 11 is 1.64. The highest BCUT2D eigenvalue weighted by molar-refractivity contribution is 7.98. The molecule has 4 nitrogen and oxygen atoms in total. The maximum atomic E-state index is 12.8. The van der Waals surface area contributed by atoms with Crippen LogP contribution in [0.5, 0.6) is 5.75 Å². The van der Waals surface area contributed by atoms with Gasteiger partial charge in [0.15, 0.2) is 11.4 Å². The summed E-state index contributed by atoms with van der Waals surface area (Å²) in [6.45, 7) is 6.94. The van der Waals surface area contributed by atoms with Crippen LogP contribution in [0.15, 0.2) is 53.4 Å². The van der Waals surface area contributed by atoms with Gasteiger partial charge < -0.3 is 9.84 Å². The molecule has 1 N–H and O–H groups in total. The average molecular weight is 387 g/mol. The first-order valence-electron chi connectivity index (χ1n) is 8.86. The lowest BCUT2D eigenvalue weighted by molar-refractivity contribution is -0.152. The predicted molar refractivity (Wildman–Crippen MR) is 109 cm³/mol. The maximum Gasteiger partial charge on any atom is 0.347 e. The van der Waals surface area contributed by atoms with E-state index < -0.39 is 11.6 Å². The number of carboxylic acid groups (broad SMARTS) is 1. The van der Waals surface area contributed by atoms with Gasteiger partial charge in [0, 0.05) is 16.4 Å². The Balaban J connectivity index is 2.18. The highest BCUT2D eigenvalue weighted by Gasteiger charge is 2.30. The van der Waals surface area contributed by atoms with Gasteiger partial charge in [0.1, 0.15) is 5.75 Å². The molecule has 0 radical (unpaired) electrons. The molecule has 0 amide bonds. The smallest absolute Gasteiger partial charge is 0.347 e. The summed E-state index contributed by atoms with van der Waals surface area (Å²) in [6.07, 6.45) is 2.00. The van der Waals surface area contributed by atoms with Crippen LogP contribution >= 0.6 is 11.8 Å². The number of thioether (sulfide) groups is 1. The van der Waals surface area contributed by atoms with E-state index in [-0.39, 0.29) is 17.6 Å². The molecule has 0 aliphatic rings. The van der Waals surface area contributed by atoms with Crippen LogP contribution in [0.4, 0.5) is 0 Å². The van der Waals surface area contributed by atoms with Crippen molar-refractivity contribution in [2.45, 2.75) is 44.1 Å². The zero-order chi connectivity index (χ0) is 20.2. The Kier molecular flexibility index (Phi) is 6.71. The molecule has 0 saturated heterocycles. The number of carbonyl (C=O) groups is 2. The van der Waals surface area contributed by atoms with Gasteiger partial charge in [0.05, 0.1) is 0 Å². The van der Waals surface area contributed by atoms with Crippen molar-refractivity contribution in [3.05, 3.63) is 59.7 Å². The fraction of sp³-hybridized carbons (Fsp3) is 0.364. The van der Waals surface area contributed by atoms with E-state index in [4.69, 9.17) is 4.74 Å². The first-order valence-corrected chi connectivity index (χ1v) is 10.1. The van der Waals surface area contributed by atoms with Gasteiger partial charge >= 0.3 is 5.97 Å². The molecular formula is C22H26O4S. The Hall–Kier alpha value is -2.27. The second-order valence-electron chi connectivity index (χ2n) is 7.16. The van der Waals surface area contributed by atoms with Gasteiger partial charge in [-0.1, -0.05) is 38.1 Å². The zero-order valence-corrected chi connectivity index (χ0v) is 17.2. The number of ether oxygens (including phenoxy) is 1. The molecule has 0 bridgehead atoms. The fourth-order valence-electron chi connectivity index (χ4n) is 2.73. The van der Waals surface area contributed by atoms with Crippen molar-refractivity contribution >= 4 is 23.5 Å². The van der Waals surface area contributed by atoms with Gasteiger partial charge in [0.25, 0.3) is 0 Å². The van der Waals surface area contributed by atoms with E-state index in [2.05, 4.69) is 0 Å². The summed E-state index contributed by atoms with van der Waals surface area (Å²) in [7, 11) is 0. The van der Waals surface area contributed by atoms with E-state index in [1.807, 2.05) is 62.6 Å². The minimum atomic E-state index is -1.32. The van der Waals surface area contributed by atoms with Crippen molar-refractivity contribution in [1.29, 1.82) is 0 Å². The van der Waals surface area contributed by atoms with Gasteiger partial charge in [-0.05, 0) is 55.9 Å². The van der Waals surface area contributed by atoms with Gasteiger partial charge in [-0.25, -0.2) is 4.79 Å². The quantitative estimate of drug-likeness (QED) is 0.494. The molecule has 2 aromatic rings. The second-order valence-corrected chi connectivity index (χ2v) is 8.04. The molecule has 2 aromatic carbocycles. The van der Waals surface area contributed by atoms with Crippen LogP contribution < -0.4 is 4.74 Å². The van der Waals surface area contributed by atoms with E-state index in [9.17, 15) is 14.7 Å². The van der Waals surface area contributed by atoms with Crippen LogP contribution in [0.25, 0.3) is 0 Å². The Morgan fingerprint density at radius 2 is 1.70 bits per heavy atom. The largest absolute Gasteiger partial charge is 0.478 e. The first kappa shape index (κ1) is 21.0. The average Bonchev–Trinajstić information content (AvgIpc) is 2.66. The minimum Gasteiger partial charge on any atom is -0.478 e. The SMILES string of the molecule is CSc1ccc(C(=O)[C@H](C)[C@@H](C)c2cccc(OC(C)(C)C(=O)O)c2)cc1. The van der Waals surface area contributed by atoms with Crippen LogP contribution in [-0.4, -0.2) is 28.7 Å². The third-order valence-electron chi connectivity index (χ3n) is 4.81. The molecule has 0 unspecified atom stereocenters. The topological polar surface area (TPSA) is 63.6 Å². The van der Waals surface area contributed by atoms with E-state index in [0.29, 0.717) is 11.3 Å². The summed E-state index contributed by atoms with van der Waals surface area (Å²) < 4.78 is 5.62. The van der Waals surface area contributed by atoms with Crippen LogP contribution in [0.3, 0.4) is 0 Å². The van der Waals surface area contributed by atoms with Crippen molar-refractivity contribution in [2.24, 2.45) is 5.92 Å². The molecule has 0 spiro atoms. The molecule has 5 heteroatoms. The molecule has 0 heterocycles.